The van der Waals surface area contributed by atoms with E-state index in [2.05, 4.69) is 43.5 Å². The second kappa shape index (κ2) is 61.1. The second-order valence-corrected chi connectivity index (χ2v) is 22.4. The fraction of sp³-hybridized carbons (Fsp3) is 0.894. The largest absolute Gasteiger partial charge is 0.394 e. The van der Waals surface area contributed by atoms with Crippen LogP contribution in [0.3, 0.4) is 0 Å². The molecule has 0 aliphatic rings. The predicted octanol–water partition coefficient (Wildman–Crippen LogP) is 20.6. The number of hydrogen-bond donors (Lipinski definition) is 4. The first-order valence-corrected chi connectivity index (χ1v) is 32.3. The fourth-order valence-electron chi connectivity index (χ4n) is 10.3. The van der Waals surface area contributed by atoms with Crippen LogP contribution in [-0.4, -0.2) is 46.1 Å². The average molecular weight is 999 g/mol. The maximum absolute atomic E-state index is 12.5. The van der Waals surface area contributed by atoms with Gasteiger partial charge in [-0.05, 0) is 44.9 Å². The smallest absolute Gasteiger partial charge is 0.222 e. The Kier molecular flexibility index (Phi) is 59.9. The van der Waals surface area contributed by atoms with Crippen molar-refractivity contribution in [1.82, 2.24) is 5.32 Å². The van der Waals surface area contributed by atoms with E-state index in [0.29, 0.717) is 6.42 Å². The molecule has 0 saturated carbocycles. The Morgan fingerprint density at radius 3 is 0.901 bits per heavy atom. The van der Waals surface area contributed by atoms with Crippen LogP contribution in [-0.2, 0) is 4.79 Å². The quantitative estimate of drug-likeness (QED) is 0.0361. The van der Waals surface area contributed by atoms with Crippen LogP contribution in [0, 0.1) is 0 Å². The van der Waals surface area contributed by atoms with Gasteiger partial charge in [0.05, 0.1) is 31.3 Å². The highest BCUT2D eigenvalue weighted by Crippen LogP contribution is 2.19. The molecular weight excluding hydrogens is 871 g/mol. The lowest BCUT2D eigenvalue weighted by Crippen LogP contribution is -2.45. The molecule has 71 heavy (non-hydrogen) atoms. The Balaban J connectivity index is 3.50. The van der Waals surface area contributed by atoms with E-state index in [1.807, 2.05) is 6.08 Å². The summed E-state index contributed by atoms with van der Waals surface area (Å²) >= 11 is 0. The van der Waals surface area contributed by atoms with Crippen LogP contribution in [0.15, 0.2) is 36.5 Å². The van der Waals surface area contributed by atoms with Crippen molar-refractivity contribution < 1.29 is 20.1 Å². The van der Waals surface area contributed by atoms with Crippen LogP contribution < -0.4 is 5.32 Å². The van der Waals surface area contributed by atoms with Gasteiger partial charge in [0.25, 0.3) is 0 Å². The van der Waals surface area contributed by atoms with E-state index in [9.17, 15) is 20.1 Å². The zero-order valence-electron chi connectivity index (χ0n) is 48.1. The minimum atomic E-state index is -0.960. The van der Waals surface area contributed by atoms with Gasteiger partial charge >= 0.3 is 0 Å². The zero-order chi connectivity index (χ0) is 51.4. The lowest BCUT2D eigenvalue weighted by atomic mass is 10.0. The monoisotopic (exact) mass is 998 g/mol. The van der Waals surface area contributed by atoms with E-state index < -0.39 is 18.2 Å². The van der Waals surface area contributed by atoms with E-state index in [0.717, 1.165) is 38.5 Å². The minimum absolute atomic E-state index is 0.00590. The summed E-state index contributed by atoms with van der Waals surface area (Å²) in [5.41, 5.74) is 0. The third kappa shape index (κ3) is 57.7. The molecule has 0 aliphatic heterocycles. The number of amides is 1. The van der Waals surface area contributed by atoms with Gasteiger partial charge in [-0.25, -0.2) is 0 Å². The van der Waals surface area contributed by atoms with Crippen LogP contribution in [0.2, 0.25) is 0 Å². The summed E-state index contributed by atoms with van der Waals surface area (Å²) in [6.45, 7) is 4.24. The number of hydrogen-bond acceptors (Lipinski definition) is 4. The number of carbonyl (C=O) groups is 1. The van der Waals surface area contributed by atoms with E-state index in [-0.39, 0.29) is 18.9 Å². The van der Waals surface area contributed by atoms with Crippen molar-refractivity contribution in [2.45, 2.75) is 372 Å². The first-order chi connectivity index (χ1) is 35.0. The summed E-state index contributed by atoms with van der Waals surface area (Å²) in [5, 5.41) is 33.5. The van der Waals surface area contributed by atoms with E-state index >= 15 is 0 Å². The van der Waals surface area contributed by atoms with Crippen molar-refractivity contribution in [2.75, 3.05) is 6.61 Å². The molecule has 3 atom stereocenters. The average Bonchev–Trinajstić information content (AvgIpc) is 3.37. The molecule has 0 aromatic rings. The second-order valence-electron chi connectivity index (χ2n) is 22.4. The highest BCUT2D eigenvalue weighted by atomic mass is 16.3. The lowest BCUT2D eigenvalue weighted by Gasteiger charge is -2.21. The molecule has 420 valence electrons. The molecule has 5 nitrogen and oxygen atoms in total. The van der Waals surface area contributed by atoms with Crippen molar-refractivity contribution in [3.05, 3.63) is 36.5 Å². The van der Waals surface area contributed by atoms with Gasteiger partial charge in [-0.1, -0.05) is 339 Å². The predicted molar refractivity (Wildman–Crippen MR) is 314 cm³/mol. The summed E-state index contributed by atoms with van der Waals surface area (Å²) < 4.78 is 0. The topological polar surface area (TPSA) is 89.8 Å². The summed E-state index contributed by atoms with van der Waals surface area (Å²) in [4.78, 5) is 12.5. The molecular formula is C66H127NO4. The number of carbonyl (C=O) groups excluding carboxylic acids is 1. The van der Waals surface area contributed by atoms with Crippen molar-refractivity contribution in [2.24, 2.45) is 0 Å². The maximum Gasteiger partial charge on any atom is 0.222 e. The van der Waals surface area contributed by atoms with Crippen LogP contribution in [0.1, 0.15) is 354 Å². The first kappa shape index (κ1) is 69.6. The normalized spacial score (nSPS) is 13.4. The van der Waals surface area contributed by atoms with Crippen LogP contribution in [0.4, 0.5) is 0 Å². The van der Waals surface area contributed by atoms with Crippen molar-refractivity contribution >= 4 is 5.91 Å². The van der Waals surface area contributed by atoms with E-state index in [1.54, 1.807) is 6.08 Å². The van der Waals surface area contributed by atoms with Crippen molar-refractivity contribution in [3.8, 4) is 0 Å². The minimum Gasteiger partial charge on any atom is -0.394 e. The summed E-state index contributed by atoms with van der Waals surface area (Å²) in [6.07, 6.45) is 81.0. The zero-order valence-corrected chi connectivity index (χ0v) is 48.1. The Bertz CT molecular complexity index is 1100. The molecule has 0 aliphatic carbocycles. The lowest BCUT2D eigenvalue weighted by molar-refractivity contribution is -0.124. The summed E-state index contributed by atoms with van der Waals surface area (Å²) in [7, 11) is 0. The number of rotatable bonds is 60. The number of allylic oxidation sites excluding steroid dienone is 5. The van der Waals surface area contributed by atoms with Gasteiger partial charge in [0.1, 0.15) is 0 Å². The molecule has 4 N–H and O–H groups in total. The van der Waals surface area contributed by atoms with E-state index in [1.165, 1.54) is 289 Å². The molecule has 0 aromatic carbocycles. The summed E-state index contributed by atoms with van der Waals surface area (Å²) in [6, 6.07) is -0.767. The Labute approximate surface area is 444 Å². The molecule has 0 radical (unpaired) electrons. The molecule has 0 rings (SSSR count). The number of aliphatic hydroxyl groups excluding tert-OH is 3. The van der Waals surface area contributed by atoms with Gasteiger partial charge in [0.15, 0.2) is 0 Å². The van der Waals surface area contributed by atoms with Gasteiger partial charge < -0.3 is 20.6 Å². The third-order valence-electron chi connectivity index (χ3n) is 15.2. The molecule has 0 fully saturated rings. The van der Waals surface area contributed by atoms with Gasteiger partial charge in [-0.3, -0.25) is 4.79 Å². The van der Waals surface area contributed by atoms with Gasteiger partial charge in [-0.2, -0.15) is 0 Å². The highest BCUT2D eigenvalue weighted by molar-refractivity contribution is 5.76. The Hall–Kier alpha value is -1.43. The molecule has 0 saturated heterocycles. The highest BCUT2D eigenvalue weighted by Gasteiger charge is 2.20. The molecule has 1 amide bonds. The Morgan fingerprint density at radius 1 is 0.352 bits per heavy atom. The molecule has 0 aromatic heterocycles. The standard InChI is InChI=1S/C66H127NO4/c1-3-5-7-9-11-13-15-17-19-21-23-25-26-27-28-29-30-31-32-33-34-35-36-37-38-40-41-43-45-47-49-51-53-55-57-59-63(69)61-66(71)67-64(62-68)65(70)60-58-56-54-52-50-48-46-44-42-39-24-22-20-18-16-14-12-10-8-6-4-2/h42,44,50,52,58,60,63-65,68-70H,3-41,43,45-49,51,53-57,59,61-62H2,1-2H3,(H,67,71)/b44-42+,52-50+,60-58+. The Morgan fingerprint density at radius 2 is 0.606 bits per heavy atom. The van der Waals surface area contributed by atoms with Gasteiger partial charge in [0.2, 0.25) is 5.91 Å². The van der Waals surface area contributed by atoms with Crippen molar-refractivity contribution in [1.29, 1.82) is 0 Å². The molecule has 5 heteroatoms. The molecule has 0 heterocycles. The van der Waals surface area contributed by atoms with Gasteiger partial charge in [-0.15, -0.1) is 0 Å². The van der Waals surface area contributed by atoms with Crippen LogP contribution >= 0.6 is 0 Å². The van der Waals surface area contributed by atoms with Gasteiger partial charge in [0, 0.05) is 0 Å². The first-order valence-electron chi connectivity index (χ1n) is 32.3. The number of unbranched alkanes of at least 4 members (excludes halogenated alkanes) is 47. The fourth-order valence-corrected chi connectivity index (χ4v) is 10.3. The van der Waals surface area contributed by atoms with Crippen LogP contribution in [0.25, 0.3) is 0 Å². The number of aliphatic hydroxyl groups is 3. The molecule has 3 unspecified atom stereocenters. The van der Waals surface area contributed by atoms with Crippen molar-refractivity contribution in [3.63, 3.8) is 0 Å². The summed E-state index contributed by atoms with van der Waals surface area (Å²) in [5.74, 6) is -0.323. The molecule has 0 spiro atoms. The third-order valence-corrected chi connectivity index (χ3v) is 15.2. The molecule has 0 bridgehead atoms. The maximum atomic E-state index is 12.5. The van der Waals surface area contributed by atoms with Crippen LogP contribution in [0.5, 0.6) is 0 Å². The SMILES string of the molecule is CCCCCCCCCCCCC/C=C/CC/C=C/CC/C=C/C(O)C(CO)NC(=O)CC(O)CCCCCCCCCCCCCCCCCCCCCCCCCCCCCCCCCCCCC. The number of nitrogens with one attached hydrogen (secondary N) is 1. The van der Waals surface area contributed by atoms with E-state index in [4.69, 9.17) is 0 Å².